The van der Waals surface area contributed by atoms with Crippen molar-refractivity contribution < 1.29 is 28.2 Å². The molecule has 0 radical (unpaired) electrons. The molecule has 0 fully saturated rings. The van der Waals surface area contributed by atoms with E-state index in [0.29, 0.717) is 21.6 Å². The van der Waals surface area contributed by atoms with E-state index in [2.05, 4.69) is 15.3 Å². The smallest absolute Gasteiger partial charge is 0.412 e. The maximum atomic E-state index is 16.4. The number of rotatable bonds is 4. The second-order valence-electron chi connectivity index (χ2n) is 9.47. The minimum Gasteiger partial charge on any atom is -0.493 e. The Labute approximate surface area is 224 Å². The van der Waals surface area contributed by atoms with E-state index in [1.54, 1.807) is 20.8 Å². The third kappa shape index (κ3) is 4.40. The van der Waals surface area contributed by atoms with E-state index in [9.17, 15) is 15.2 Å². The van der Waals surface area contributed by atoms with Crippen molar-refractivity contribution in [2.24, 2.45) is 0 Å². The van der Waals surface area contributed by atoms with Gasteiger partial charge < -0.3 is 14.6 Å². The fraction of sp³-hybridized carbons (Fsp3) is 0.308. The molecule has 4 aromatic rings. The summed E-state index contributed by atoms with van der Waals surface area (Å²) in [5.41, 5.74) is -0.405. The zero-order valence-corrected chi connectivity index (χ0v) is 22.5. The third-order valence-electron chi connectivity index (χ3n) is 5.81. The van der Waals surface area contributed by atoms with Gasteiger partial charge in [0.2, 0.25) is 5.88 Å². The van der Waals surface area contributed by atoms with E-state index in [0.717, 1.165) is 11.3 Å². The summed E-state index contributed by atoms with van der Waals surface area (Å²) in [7, 11) is 0. The van der Waals surface area contributed by atoms with Crippen LogP contribution in [-0.4, -0.2) is 32.5 Å². The molecule has 3 heterocycles. The second kappa shape index (κ2) is 9.65. The van der Waals surface area contributed by atoms with Gasteiger partial charge in [0.05, 0.1) is 24.2 Å². The largest absolute Gasteiger partial charge is 0.493 e. The molecule has 0 unspecified atom stereocenters. The molecule has 1 aliphatic heterocycles. The lowest BCUT2D eigenvalue weighted by atomic mass is 9.90. The minimum absolute atomic E-state index is 0.0229. The van der Waals surface area contributed by atoms with Gasteiger partial charge in [-0.15, -0.1) is 11.3 Å². The van der Waals surface area contributed by atoms with E-state index in [4.69, 9.17) is 9.47 Å². The van der Waals surface area contributed by atoms with Crippen molar-refractivity contribution in [2.75, 3.05) is 11.1 Å². The molecule has 0 atom stereocenters. The van der Waals surface area contributed by atoms with Crippen LogP contribution >= 0.6 is 23.1 Å². The van der Waals surface area contributed by atoms with Crippen LogP contribution in [0.2, 0.25) is 0 Å². The Morgan fingerprint density at radius 3 is 2.66 bits per heavy atom. The lowest BCUT2D eigenvalue weighted by Gasteiger charge is -2.19. The van der Waals surface area contributed by atoms with Gasteiger partial charge in [-0.25, -0.2) is 18.6 Å². The number of halogens is 2. The Kier molecular flexibility index (Phi) is 6.63. The number of aromatic nitrogens is 2. The monoisotopic (exact) mass is 556 g/mol. The van der Waals surface area contributed by atoms with E-state index in [1.165, 1.54) is 23.9 Å². The van der Waals surface area contributed by atoms with Gasteiger partial charge in [0.15, 0.2) is 11.0 Å². The number of carbonyl (C=O) groups excluding carboxylic acids is 1. The van der Waals surface area contributed by atoms with Crippen LogP contribution in [-0.2, 0) is 22.7 Å². The number of nitriles is 1. The highest BCUT2D eigenvalue weighted by Gasteiger charge is 2.32. The van der Waals surface area contributed by atoms with Gasteiger partial charge in [-0.2, -0.15) is 10.2 Å². The highest BCUT2D eigenvalue weighted by atomic mass is 32.2. The van der Waals surface area contributed by atoms with E-state index in [-0.39, 0.29) is 62.2 Å². The molecule has 0 spiro atoms. The highest BCUT2D eigenvalue weighted by Crippen LogP contribution is 2.48. The van der Waals surface area contributed by atoms with Crippen LogP contribution in [0, 0.1) is 23.0 Å². The fourth-order valence-electron chi connectivity index (χ4n) is 4.45. The number of hydrogen-bond acceptors (Lipinski definition) is 9. The zero-order chi connectivity index (χ0) is 27.4. The lowest BCUT2D eigenvalue weighted by Crippen LogP contribution is -2.27. The Hall–Kier alpha value is -3.53. The number of thiophene rings is 1. The van der Waals surface area contributed by atoms with Crippen LogP contribution in [0.5, 0.6) is 5.88 Å². The third-order valence-corrected chi connectivity index (χ3v) is 7.61. The predicted molar refractivity (Wildman–Crippen MR) is 141 cm³/mol. The molecule has 8 nitrogen and oxygen atoms in total. The highest BCUT2D eigenvalue weighted by molar-refractivity contribution is 7.99. The number of carbonyl (C=O) groups is 1. The number of ether oxygens (including phenoxy) is 2. The van der Waals surface area contributed by atoms with Crippen LogP contribution in [0.4, 0.5) is 18.6 Å². The average molecular weight is 557 g/mol. The number of nitrogens with zero attached hydrogens (tertiary/aromatic N) is 3. The fourth-order valence-corrected chi connectivity index (χ4v) is 6.06. The summed E-state index contributed by atoms with van der Waals surface area (Å²) in [5, 5.41) is 23.9. The number of hydrogen-bond donors (Lipinski definition) is 2. The summed E-state index contributed by atoms with van der Waals surface area (Å²) in [6, 6.07) is 4.69. The number of anilines is 1. The summed E-state index contributed by atoms with van der Waals surface area (Å²) < 4.78 is 43.3. The Bertz CT molecular complexity index is 1680. The van der Waals surface area contributed by atoms with Crippen molar-refractivity contribution in [3.63, 3.8) is 0 Å². The molecular formula is C26H22F2N4O4S2. The first-order valence-electron chi connectivity index (χ1n) is 11.6. The van der Waals surface area contributed by atoms with Gasteiger partial charge in [-0.3, -0.25) is 5.32 Å². The number of benzene rings is 2. The van der Waals surface area contributed by atoms with Crippen LogP contribution in [0.25, 0.3) is 32.1 Å². The normalized spacial score (nSPS) is 13.1. The second-order valence-corrected chi connectivity index (χ2v) is 11.7. The van der Waals surface area contributed by atoms with Crippen LogP contribution < -0.4 is 5.32 Å². The van der Waals surface area contributed by atoms with Gasteiger partial charge in [0, 0.05) is 21.2 Å². The molecule has 0 aliphatic carbocycles. The van der Waals surface area contributed by atoms with Gasteiger partial charge in [-0.1, -0.05) is 18.7 Å². The van der Waals surface area contributed by atoms with Crippen LogP contribution in [0.3, 0.4) is 0 Å². The molecule has 2 aromatic heterocycles. The zero-order valence-electron chi connectivity index (χ0n) is 20.9. The van der Waals surface area contributed by atoms with Crippen LogP contribution in [0.15, 0.2) is 17.3 Å². The van der Waals surface area contributed by atoms with Crippen molar-refractivity contribution in [2.45, 2.75) is 51.7 Å². The summed E-state index contributed by atoms with van der Waals surface area (Å²) >= 11 is 2.28. The van der Waals surface area contributed by atoms with Crippen molar-refractivity contribution in [1.29, 1.82) is 5.26 Å². The molecule has 1 aliphatic rings. The molecule has 0 saturated carbocycles. The van der Waals surface area contributed by atoms with E-state index >= 15 is 8.78 Å². The molecule has 0 bridgehead atoms. The molecule has 12 heteroatoms. The van der Waals surface area contributed by atoms with E-state index in [1.807, 2.05) is 13.0 Å². The van der Waals surface area contributed by atoms with Gasteiger partial charge in [0.1, 0.15) is 28.0 Å². The predicted octanol–water partition coefficient (Wildman–Crippen LogP) is 6.86. The first-order valence-corrected chi connectivity index (χ1v) is 13.4. The maximum Gasteiger partial charge on any atom is 0.412 e. The van der Waals surface area contributed by atoms with Crippen molar-refractivity contribution in [1.82, 2.24) is 9.97 Å². The summed E-state index contributed by atoms with van der Waals surface area (Å²) in [5.74, 6) is -1.41. The molecule has 2 N–H and O–H groups in total. The van der Waals surface area contributed by atoms with Crippen molar-refractivity contribution in [3.8, 4) is 23.1 Å². The van der Waals surface area contributed by atoms with Crippen molar-refractivity contribution in [3.05, 3.63) is 40.5 Å². The van der Waals surface area contributed by atoms with Crippen molar-refractivity contribution >= 4 is 55.2 Å². The Balaban J connectivity index is 1.80. The van der Waals surface area contributed by atoms with Gasteiger partial charge >= 0.3 is 6.09 Å². The summed E-state index contributed by atoms with van der Waals surface area (Å²) in [6.45, 7) is 6.99. The number of amides is 1. The van der Waals surface area contributed by atoms with Gasteiger partial charge in [-0.05, 0) is 49.8 Å². The Morgan fingerprint density at radius 2 is 1.97 bits per heavy atom. The Morgan fingerprint density at radius 1 is 1.24 bits per heavy atom. The minimum atomic E-state index is -0.858. The first-order chi connectivity index (χ1) is 18.0. The number of fused-ring (bicyclic) bond motifs is 4. The quantitative estimate of drug-likeness (QED) is 0.207. The van der Waals surface area contributed by atoms with Crippen LogP contribution in [0.1, 0.15) is 44.4 Å². The summed E-state index contributed by atoms with van der Waals surface area (Å²) in [4.78, 5) is 20.8. The maximum absolute atomic E-state index is 16.4. The molecule has 1 amide bonds. The molecule has 0 saturated heterocycles. The number of thioether (sulfide) groups is 1. The topological polar surface area (TPSA) is 117 Å². The van der Waals surface area contributed by atoms with Gasteiger partial charge in [0.25, 0.3) is 0 Å². The molecular weight excluding hydrogens is 534 g/mol. The lowest BCUT2D eigenvalue weighted by molar-refractivity contribution is 0.0636. The number of aromatic hydroxyl groups is 1. The molecule has 2 aromatic carbocycles. The average Bonchev–Trinajstić information content (AvgIpc) is 3.43. The molecule has 196 valence electrons. The molecule has 38 heavy (non-hydrogen) atoms. The first kappa shape index (κ1) is 26.1. The summed E-state index contributed by atoms with van der Waals surface area (Å²) in [6.07, 6.45) is -0.776. The van der Waals surface area contributed by atoms with E-state index < -0.39 is 23.3 Å². The standard InChI is InChI=1S/C26H22F2N4O4S2/c1-5-37-24-30-21-18(22(33)31-24)13-10-35-9-12(13)17(20(21)28)19-14(27)6-7-15-16(19)11(8-29)23(38-15)32-25(34)36-26(2,3)4/h6-7H,5,9-10H2,1-4H3,(H,32,34)(H,30,31,33). The molecule has 5 rings (SSSR count). The SMILES string of the molecule is CCSc1nc(O)c2c3c(c(-c4c(F)ccc5sc(NC(=O)OC(C)(C)C)c(C#N)c45)c(F)c2n1)COC3. The number of nitrogens with one attached hydrogen (secondary N) is 1.